The molecule has 0 fully saturated rings. The second kappa shape index (κ2) is 9.45. The largest absolute Gasteiger partial charge is 0.376 e. The maximum Gasteiger partial charge on any atom is 0.242 e. The number of rotatable bonds is 8. The fourth-order valence-corrected chi connectivity index (χ4v) is 4.31. The van der Waals surface area contributed by atoms with Crippen LogP contribution in [0.5, 0.6) is 0 Å². The number of carbonyl (C=O) groups excluding carboxylic acids is 1. The Morgan fingerprint density at radius 3 is 2.45 bits per heavy atom. The van der Waals surface area contributed by atoms with Gasteiger partial charge in [-0.25, -0.2) is 12.7 Å². The van der Waals surface area contributed by atoms with Crippen molar-refractivity contribution >= 4 is 39.1 Å². The summed E-state index contributed by atoms with van der Waals surface area (Å²) >= 11 is 1.18. The van der Waals surface area contributed by atoms with Gasteiger partial charge >= 0.3 is 0 Å². The lowest BCUT2D eigenvalue weighted by molar-refractivity contribution is -0.113. The minimum absolute atomic E-state index is 0.0464. The number of hydrogen-bond donors (Lipinski definition) is 1. The van der Waals surface area contributed by atoms with Gasteiger partial charge in [-0.15, -0.1) is 5.10 Å². The lowest BCUT2D eigenvalue weighted by atomic mass is 10.2. The first-order valence-corrected chi connectivity index (χ1v) is 11.6. The van der Waals surface area contributed by atoms with Gasteiger partial charge in [0.2, 0.25) is 21.1 Å². The molecule has 3 rings (SSSR count). The lowest BCUT2D eigenvalue weighted by Crippen LogP contribution is -2.23. The molecular weight excluding hydrogens is 438 g/mol. The number of aromatic nitrogens is 4. The van der Waals surface area contributed by atoms with Crippen molar-refractivity contribution in [3.05, 3.63) is 48.5 Å². The van der Waals surface area contributed by atoms with Gasteiger partial charge in [-0.1, -0.05) is 30.0 Å². The van der Waals surface area contributed by atoms with Gasteiger partial charge in [0.15, 0.2) is 0 Å². The Balaban J connectivity index is 1.77. The maximum absolute atomic E-state index is 12.6. The Morgan fingerprint density at radius 1 is 1.10 bits per heavy atom. The molecule has 1 heterocycles. The van der Waals surface area contributed by atoms with Crippen molar-refractivity contribution < 1.29 is 13.2 Å². The summed E-state index contributed by atoms with van der Waals surface area (Å²) in [4.78, 5) is 14.5. The highest BCUT2D eigenvalue weighted by Crippen LogP contribution is 2.29. The fourth-order valence-electron chi connectivity index (χ4n) is 2.69. The second-order valence-corrected chi connectivity index (χ2v) is 10.0. The fraction of sp³-hybridized carbons (Fsp3) is 0.263. The summed E-state index contributed by atoms with van der Waals surface area (Å²) in [5.74, 6) is -0.264. The van der Waals surface area contributed by atoms with Gasteiger partial charge in [-0.05, 0) is 40.8 Å². The minimum atomic E-state index is -3.63. The molecule has 0 atom stereocenters. The summed E-state index contributed by atoms with van der Waals surface area (Å²) in [6, 6.07) is 14.0. The van der Waals surface area contributed by atoms with Crippen LogP contribution < -0.4 is 10.2 Å². The molecule has 2 aromatic carbocycles. The molecule has 1 amide bonds. The third kappa shape index (κ3) is 5.21. The number of carbonyl (C=O) groups is 1. The van der Waals surface area contributed by atoms with Crippen LogP contribution in [0.25, 0.3) is 5.69 Å². The Kier molecular flexibility index (Phi) is 6.93. The summed E-state index contributed by atoms with van der Waals surface area (Å²) in [6.07, 6.45) is 0. The average molecular weight is 462 g/mol. The quantitative estimate of drug-likeness (QED) is 0.505. The van der Waals surface area contributed by atoms with Gasteiger partial charge in [0.1, 0.15) is 0 Å². The highest BCUT2D eigenvalue weighted by molar-refractivity contribution is 7.99. The molecule has 1 N–H and O–H groups in total. The van der Waals surface area contributed by atoms with E-state index in [1.54, 1.807) is 15.6 Å². The van der Waals surface area contributed by atoms with E-state index in [0.717, 1.165) is 9.99 Å². The van der Waals surface area contributed by atoms with Crippen LogP contribution in [0.1, 0.15) is 0 Å². The molecule has 0 saturated heterocycles. The molecule has 0 aliphatic heterocycles. The second-order valence-electron chi connectivity index (χ2n) is 6.91. The van der Waals surface area contributed by atoms with E-state index in [-0.39, 0.29) is 16.6 Å². The van der Waals surface area contributed by atoms with Crippen LogP contribution in [0.15, 0.2) is 58.6 Å². The third-order valence-corrected chi connectivity index (χ3v) is 7.01. The van der Waals surface area contributed by atoms with Crippen molar-refractivity contribution in [2.24, 2.45) is 0 Å². The van der Waals surface area contributed by atoms with E-state index in [9.17, 15) is 13.2 Å². The predicted molar refractivity (Wildman–Crippen MR) is 120 cm³/mol. The zero-order valence-electron chi connectivity index (χ0n) is 17.6. The number of thioether (sulfide) groups is 1. The Bertz CT molecular complexity index is 1160. The van der Waals surface area contributed by atoms with E-state index in [2.05, 4.69) is 20.8 Å². The highest BCUT2D eigenvalue weighted by Gasteiger charge is 2.20. The van der Waals surface area contributed by atoms with Crippen molar-refractivity contribution in [3.8, 4) is 5.69 Å². The molecule has 31 heavy (non-hydrogen) atoms. The third-order valence-electron chi connectivity index (χ3n) is 4.28. The molecule has 0 bridgehead atoms. The Hall–Kier alpha value is -2.96. The molecule has 0 saturated carbocycles. The van der Waals surface area contributed by atoms with E-state index < -0.39 is 10.0 Å². The summed E-state index contributed by atoms with van der Waals surface area (Å²) in [6.45, 7) is 0. The number of benzene rings is 2. The lowest BCUT2D eigenvalue weighted by Gasteiger charge is -2.20. The van der Waals surface area contributed by atoms with Crippen LogP contribution in [0.4, 0.5) is 11.4 Å². The molecule has 0 spiro atoms. The van der Waals surface area contributed by atoms with Crippen molar-refractivity contribution in [1.29, 1.82) is 0 Å². The number of hydrogen-bond acceptors (Lipinski definition) is 8. The van der Waals surface area contributed by atoms with Crippen molar-refractivity contribution in [2.75, 3.05) is 44.2 Å². The Morgan fingerprint density at radius 2 is 1.81 bits per heavy atom. The molecule has 1 aromatic heterocycles. The molecular formula is C19H23N7O3S2. The normalized spacial score (nSPS) is 11.5. The van der Waals surface area contributed by atoms with Gasteiger partial charge < -0.3 is 10.2 Å². The van der Waals surface area contributed by atoms with Crippen molar-refractivity contribution in [1.82, 2.24) is 24.5 Å². The Labute approximate surface area is 185 Å². The average Bonchev–Trinajstić information content (AvgIpc) is 3.21. The first-order valence-electron chi connectivity index (χ1n) is 9.20. The first-order chi connectivity index (χ1) is 14.7. The zero-order valence-corrected chi connectivity index (χ0v) is 19.2. The van der Waals surface area contributed by atoms with Crippen LogP contribution in [0.3, 0.4) is 0 Å². The molecule has 0 aliphatic rings. The molecule has 0 unspecified atom stereocenters. The standard InChI is InChI=1S/C19H23N7O3S2/c1-24(2)17-11-10-15(31(28,29)25(3)4)12-16(17)20-18(27)13-30-19-21-22-23-26(19)14-8-6-5-7-9-14/h5-12H,13H2,1-4H3,(H,20,27). The summed E-state index contributed by atoms with van der Waals surface area (Å²) < 4.78 is 27.6. The number of nitrogens with one attached hydrogen (secondary N) is 1. The molecule has 10 nitrogen and oxygen atoms in total. The number of nitrogens with zero attached hydrogens (tertiary/aromatic N) is 6. The molecule has 164 valence electrons. The summed E-state index contributed by atoms with van der Waals surface area (Å²) in [7, 11) is 2.91. The SMILES string of the molecule is CN(C)c1ccc(S(=O)(=O)N(C)C)cc1NC(=O)CSc1nnnn1-c1ccccc1. The number of sulfonamides is 1. The number of tetrazole rings is 1. The van der Waals surface area contributed by atoms with Crippen LogP contribution in [0.2, 0.25) is 0 Å². The number of amides is 1. The smallest absolute Gasteiger partial charge is 0.242 e. The number of anilines is 2. The maximum atomic E-state index is 12.6. The van der Waals surface area contributed by atoms with E-state index in [0.29, 0.717) is 16.5 Å². The van der Waals surface area contributed by atoms with E-state index in [4.69, 9.17) is 0 Å². The first kappa shape index (κ1) is 22.7. The van der Waals surface area contributed by atoms with Crippen molar-refractivity contribution in [3.63, 3.8) is 0 Å². The van der Waals surface area contributed by atoms with E-state index in [1.165, 1.54) is 38.0 Å². The summed E-state index contributed by atoms with van der Waals surface area (Å²) in [5.41, 5.74) is 1.87. The van der Waals surface area contributed by atoms with E-state index >= 15 is 0 Å². The van der Waals surface area contributed by atoms with Crippen molar-refractivity contribution in [2.45, 2.75) is 10.1 Å². The van der Waals surface area contributed by atoms with Gasteiger partial charge in [0.25, 0.3) is 0 Å². The van der Waals surface area contributed by atoms with Gasteiger partial charge in [-0.3, -0.25) is 4.79 Å². The van der Waals surface area contributed by atoms with Crippen LogP contribution in [-0.2, 0) is 14.8 Å². The monoisotopic (exact) mass is 461 g/mol. The van der Waals surface area contributed by atoms with Gasteiger partial charge in [0, 0.05) is 28.2 Å². The number of para-hydroxylation sites is 1. The minimum Gasteiger partial charge on any atom is -0.376 e. The van der Waals surface area contributed by atoms with Gasteiger partial charge in [0.05, 0.1) is 27.7 Å². The van der Waals surface area contributed by atoms with Crippen LogP contribution in [-0.4, -0.2) is 72.8 Å². The van der Waals surface area contributed by atoms with Crippen LogP contribution in [0, 0.1) is 0 Å². The molecule has 12 heteroatoms. The molecule has 3 aromatic rings. The van der Waals surface area contributed by atoms with E-state index in [1.807, 2.05) is 44.4 Å². The van der Waals surface area contributed by atoms with Gasteiger partial charge in [-0.2, -0.15) is 4.68 Å². The van der Waals surface area contributed by atoms with Crippen LogP contribution >= 0.6 is 11.8 Å². The summed E-state index contributed by atoms with van der Waals surface area (Å²) in [5, 5.41) is 14.9. The molecule has 0 aliphatic carbocycles. The highest BCUT2D eigenvalue weighted by atomic mass is 32.2. The zero-order chi connectivity index (χ0) is 22.6. The topological polar surface area (TPSA) is 113 Å². The molecule has 0 radical (unpaired) electrons. The predicted octanol–water partition coefficient (Wildman–Crippen LogP) is 1.71.